The van der Waals surface area contributed by atoms with Gasteiger partial charge in [-0.05, 0) is 69.1 Å². The predicted octanol–water partition coefficient (Wildman–Crippen LogP) is 3.07. The third-order valence-electron chi connectivity index (χ3n) is 7.48. The number of aryl methyl sites for hydroxylation is 2. The Morgan fingerprint density at radius 1 is 0.781 bits per heavy atom. The van der Waals surface area contributed by atoms with Crippen molar-refractivity contribution in [2.75, 3.05) is 39.3 Å². The lowest BCUT2D eigenvalue weighted by molar-refractivity contribution is -0.139. The van der Waals surface area contributed by atoms with Crippen LogP contribution in [0.5, 0.6) is 0 Å². The average molecular weight is 440 g/mol. The molecule has 0 bridgehead atoms. The Labute approximate surface area is 191 Å². The monoisotopic (exact) mass is 439 g/mol. The highest BCUT2D eigenvalue weighted by Gasteiger charge is 2.30. The molecule has 2 heterocycles. The lowest BCUT2D eigenvalue weighted by atomic mass is 9.89. The summed E-state index contributed by atoms with van der Waals surface area (Å²) in [4.78, 5) is 44.2. The molecule has 32 heavy (non-hydrogen) atoms. The maximum atomic E-state index is 12.8. The van der Waals surface area contributed by atoms with Gasteiger partial charge in [0.25, 0.3) is 0 Å². The summed E-state index contributed by atoms with van der Waals surface area (Å²) in [7, 11) is 0. The highest BCUT2D eigenvalue weighted by Crippen LogP contribution is 2.23. The van der Waals surface area contributed by atoms with E-state index < -0.39 is 0 Å². The Kier molecular flexibility index (Phi) is 7.61. The van der Waals surface area contributed by atoms with Crippen LogP contribution >= 0.6 is 0 Å². The number of Topliss-reactive ketones (excluding diaryl/α,β-unsaturated/α-hetero) is 1. The Balaban J connectivity index is 1.22. The molecule has 6 heteroatoms. The largest absolute Gasteiger partial charge is 0.341 e. The highest BCUT2D eigenvalue weighted by atomic mass is 16.2. The fourth-order valence-electron chi connectivity index (χ4n) is 5.32. The number of piperidine rings is 1. The summed E-state index contributed by atoms with van der Waals surface area (Å²) in [6, 6.07) is 5.93. The van der Waals surface area contributed by atoms with Gasteiger partial charge in [0.1, 0.15) is 0 Å². The van der Waals surface area contributed by atoms with Crippen molar-refractivity contribution in [3.63, 3.8) is 0 Å². The van der Waals surface area contributed by atoms with Gasteiger partial charge in [-0.1, -0.05) is 12.1 Å². The van der Waals surface area contributed by atoms with Gasteiger partial charge < -0.3 is 9.80 Å². The molecule has 1 unspecified atom stereocenters. The average Bonchev–Trinajstić information content (AvgIpc) is 2.86. The van der Waals surface area contributed by atoms with Crippen LogP contribution < -0.4 is 0 Å². The second-order valence-electron chi connectivity index (χ2n) is 9.59. The Morgan fingerprint density at radius 3 is 2.19 bits per heavy atom. The minimum absolute atomic E-state index is 0.0472. The number of piperazine rings is 1. The van der Waals surface area contributed by atoms with E-state index in [1.165, 1.54) is 30.4 Å². The molecule has 2 amide bonds. The molecule has 3 aliphatic rings. The maximum Gasteiger partial charge on any atom is 0.239 e. The lowest BCUT2D eigenvalue weighted by Gasteiger charge is -2.39. The van der Waals surface area contributed by atoms with Crippen LogP contribution in [0.15, 0.2) is 18.2 Å². The SMILES string of the molecule is CC(C(=O)N1CCCCC1)N1CCN(C(=O)CCC(=O)c2ccc3c(c2)CCCC3)CC1. The highest BCUT2D eigenvalue weighted by molar-refractivity contribution is 5.98. The first kappa shape index (κ1) is 23.0. The van der Waals surface area contributed by atoms with Crippen LogP contribution in [-0.2, 0) is 22.4 Å². The summed E-state index contributed by atoms with van der Waals surface area (Å²) < 4.78 is 0. The van der Waals surface area contributed by atoms with Crippen molar-refractivity contribution < 1.29 is 14.4 Å². The summed E-state index contributed by atoms with van der Waals surface area (Å²) in [6.07, 6.45) is 8.53. The molecule has 1 aliphatic carbocycles. The molecule has 0 radical (unpaired) electrons. The number of fused-ring (bicyclic) bond motifs is 1. The molecule has 0 spiro atoms. The molecule has 2 saturated heterocycles. The molecule has 6 nitrogen and oxygen atoms in total. The summed E-state index contributed by atoms with van der Waals surface area (Å²) in [5.74, 6) is 0.331. The van der Waals surface area contributed by atoms with Crippen molar-refractivity contribution in [2.45, 2.75) is 70.8 Å². The van der Waals surface area contributed by atoms with E-state index in [1.54, 1.807) is 0 Å². The van der Waals surface area contributed by atoms with E-state index in [2.05, 4.69) is 11.0 Å². The number of hydrogen-bond donors (Lipinski definition) is 0. The van der Waals surface area contributed by atoms with Crippen LogP contribution in [0.1, 0.15) is 73.4 Å². The van der Waals surface area contributed by atoms with E-state index in [-0.39, 0.29) is 36.5 Å². The van der Waals surface area contributed by atoms with Gasteiger partial charge in [0.2, 0.25) is 11.8 Å². The Hall–Kier alpha value is -2.21. The van der Waals surface area contributed by atoms with Gasteiger partial charge in [-0.3, -0.25) is 19.3 Å². The number of likely N-dealkylation sites (tertiary alicyclic amines) is 1. The Morgan fingerprint density at radius 2 is 1.47 bits per heavy atom. The molecule has 2 aliphatic heterocycles. The lowest BCUT2D eigenvalue weighted by Crippen LogP contribution is -2.56. The summed E-state index contributed by atoms with van der Waals surface area (Å²) in [5, 5.41) is 0. The molecule has 1 atom stereocenters. The van der Waals surface area contributed by atoms with Gasteiger partial charge in [0.15, 0.2) is 5.78 Å². The zero-order valence-electron chi connectivity index (χ0n) is 19.5. The van der Waals surface area contributed by atoms with Gasteiger partial charge in [-0.25, -0.2) is 0 Å². The smallest absolute Gasteiger partial charge is 0.239 e. The van der Waals surface area contributed by atoms with Crippen molar-refractivity contribution in [1.82, 2.24) is 14.7 Å². The topological polar surface area (TPSA) is 60.9 Å². The third kappa shape index (κ3) is 5.40. The van der Waals surface area contributed by atoms with Crippen molar-refractivity contribution in [3.8, 4) is 0 Å². The Bertz CT molecular complexity index is 839. The quantitative estimate of drug-likeness (QED) is 0.639. The minimum atomic E-state index is -0.129. The second-order valence-corrected chi connectivity index (χ2v) is 9.59. The second kappa shape index (κ2) is 10.6. The fraction of sp³-hybridized carbons (Fsp3) is 0.654. The summed E-state index contributed by atoms with van der Waals surface area (Å²) in [6.45, 7) is 6.43. The van der Waals surface area contributed by atoms with Crippen LogP contribution in [0, 0.1) is 0 Å². The number of hydrogen-bond acceptors (Lipinski definition) is 4. The number of nitrogens with zero attached hydrogens (tertiary/aromatic N) is 3. The summed E-state index contributed by atoms with van der Waals surface area (Å²) in [5.41, 5.74) is 3.42. The van der Waals surface area contributed by atoms with Crippen LogP contribution in [0.4, 0.5) is 0 Å². The van der Waals surface area contributed by atoms with Crippen molar-refractivity contribution in [1.29, 1.82) is 0 Å². The van der Waals surface area contributed by atoms with Gasteiger partial charge in [-0.15, -0.1) is 0 Å². The van der Waals surface area contributed by atoms with Crippen LogP contribution in [0.25, 0.3) is 0 Å². The fourth-order valence-corrected chi connectivity index (χ4v) is 5.32. The molecule has 174 valence electrons. The molecule has 1 aromatic carbocycles. The number of ketones is 1. The zero-order chi connectivity index (χ0) is 22.5. The molecule has 0 saturated carbocycles. The van der Waals surface area contributed by atoms with Gasteiger partial charge >= 0.3 is 0 Å². The first-order valence-corrected chi connectivity index (χ1v) is 12.5. The van der Waals surface area contributed by atoms with Crippen molar-refractivity contribution >= 4 is 17.6 Å². The van der Waals surface area contributed by atoms with Crippen LogP contribution in [0.2, 0.25) is 0 Å². The van der Waals surface area contributed by atoms with E-state index in [0.29, 0.717) is 26.2 Å². The number of carbonyl (C=O) groups is 3. The zero-order valence-corrected chi connectivity index (χ0v) is 19.5. The predicted molar refractivity (Wildman–Crippen MR) is 125 cm³/mol. The van der Waals surface area contributed by atoms with Crippen molar-refractivity contribution in [3.05, 3.63) is 34.9 Å². The van der Waals surface area contributed by atoms with E-state index in [9.17, 15) is 14.4 Å². The van der Waals surface area contributed by atoms with Crippen molar-refractivity contribution in [2.24, 2.45) is 0 Å². The third-order valence-corrected chi connectivity index (χ3v) is 7.48. The summed E-state index contributed by atoms with van der Waals surface area (Å²) >= 11 is 0. The van der Waals surface area contributed by atoms with E-state index >= 15 is 0 Å². The molecule has 1 aromatic rings. The maximum absolute atomic E-state index is 12.8. The van der Waals surface area contributed by atoms with E-state index in [1.807, 2.05) is 28.9 Å². The number of benzene rings is 1. The minimum Gasteiger partial charge on any atom is -0.341 e. The molecular formula is C26H37N3O3. The first-order chi connectivity index (χ1) is 15.5. The first-order valence-electron chi connectivity index (χ1n) is 12.5. The van der Waals surface area contributed by atoms with E-state index in [0.717, 1.165) is 44.3 Å². The van der Waals surface area contributed by atoms with Gasteiger partial charge in [-0.2, -0.15) is 0 Å². The molecule has 2 fully saturated rings. The molecular weight excluding hydrogens is 402 g/mol. The van der Waals surface area contributed by atoms with Crippen LogP contribution in [0.3, 0.4) is 0 Å². The van der Waals surface area contributed by atoms with Crippen LogP contribution in [-0.4, -0.2) is 77.6 Å². The molecule has 0 aromatic heterocycles. The number of amides is 2. The van der Waals surface area contributed by atoms with Gasteiger partial charge in [0.05, 0.1) is 6.04 Å². The normalized spacial score (nSPS) is 20.5. The molecule has 4 rings (SSSR count). The molecule has 0 N–H and O–H groups in total. The number of rotatable bonds is 6. The van der Waals surface area contributed by atoms with Gasteiger partial charge in [0, 0.05) is 57.7 Å². The van der Waals surface area contributed by atoms with E-state index in [4.69, 9.17) is 0 Å². The standard InChI is InChI=1S/C26H37N3O3/c1-20(26(32)29-13-5-2-6-14-29)27-15-17-28(18-16-27)25(31)12-11-24(30)23-10-9-21-7-3-4-8-22(21)19-23/h9-10,19-20H,2-8,11-18H2,1H3. The number of carbonyl (C=O) groups excluding carboxylic acids is 3.